The number of hydrogen-bond donors (Lipinski definition) is 2. The lowest BCUT2D eigenvalue weighted by Crippen LogP contribution is -2.16. The van der Waals surface area contributed by atoms with Crippen molar-refractivity contribution in [2.75, 3.05) is 26.1 Å². The number of carbonyl (C=O) groups excluding carboxylic acids is 3. The van der Waals surface area contributed by atoms with Crippen molar-refractivity contribution >= 4 is 29.1 Å². The molecule has 148 valence electrons. The SMILES string of the molecule is CNc1ccc(C(=O)OCC(=O)c2[nH]c(C)c(C(=O)OC)c2C)cc1[N+](=O)[O-]. The number of anilines is 1. The quantitative estimate of drug-likeness (QED) is 0.318. The molecule has 1 aromatic heterocycles. The Morgan fingerprint density at radius 2 is 1.89 bits per heavy atom. The number of ketones is 1. The highest BCUT2D eigenvalue weighted by molar-refractivity contribution is 6.03. The number of rotatable bonds is 7. The number of H-pyrrole nitrogens is 1. The van der Waals surface area contributed by atoms with E-state index in [-0.39, 0.29) is 28.2 Å². The summed E-state index contributed by atoms with van der Waals surface area (Å²) in [6, 6.07) is 3.79. The van der Waals surface area contributed by atoms with E-state index in [0.717, 1.165) is 6.07 Å². The normalized spacial score (nSPS) is 10.3. The van der Waals surface area contributed by atoms with E-state index >= 15 is 0 Å². The molecule has 0 unspecified atom stereocenters. The molecule has 0 saturated heterocycles. The monoisotopic (exact) mass is 389 g/mol. The summed E-state index contributed by atoms with van der Waals surface area (Å²) in [6.45, 7) is 2.59. The molecule has 0 atom stereocenters. The maximum Gasteiger partial charge on any atom is 0.339 e. The van der Waals surface area contributed by atoms with Crippen LogP contribution < -0.4 is 5.32 Å². The van der Waals surface area contributed by atoms with Crippen LogP contribution in [0.2, 0.25) is 0 Å². The molecular formula is C18H19N3O7. The van der Waals surface area contributed by atoms with E-state index in [2.05, 4.69) is 15.0 Å². The first-order chi connectivity index (χ1) is 13.2. The Kier molecular flexibility index (Phi) is 6.14. The summed E-state index contributed by atoms with van der Waals surface area (Å²) >= 11 is 0. The minimum absolute atomic E-state index is 0.0619. The number of nitro benzene ring substituents is 1. The number of ether oxygens (including phenoxy) is 2. The van der Waals surface area contributed by atoms with Gasteiger partial charge in [0.25, 0.3) is 5.69 Å². The van der Waals surface area contributed by atoms with Crippen LogP contribution in [-0.4, -0.2) is 48.4 Å². The van der Waals surface area contributed by atoms with E-state index in [9.17, 15) is 24.5 Å². The van der Waals surface area contributed by atoms with Gasteiger partial charge >= 0.3 is 11.9 Å². The van der Waals surface area contributed by atoms with Crippen LogP contribution in [0.3, 0.4) is 0 Å². The molecule has 28 heavy (non-hydrogen) atoms. The number of Topliss-reactive ketones (excluding diaryl/α,β-unsaturated/α-hetero) is 1. The summed E-state index contributed by atoms with van der Waals surface area (Å²) < 4.78 is 9.66. The molecule has 1 aromatic carbocycles. The number of aromatic amines is 1. The lowest BCUT2D eigenvalue weighted by molar-refractivity contribution is -0.384. The number of nitrogens with zero attached hydrogens (tertiary/aromatic N) is 1. The number of carbonyl (C=O) groups is 3. The predicted octanol–water partition coefficient (Wildman–Crippen LogP) is 2.41. The van der Waals surface area contributed by atoms with E-state index in [0.29, 0.717) is 11.3 Å². The van der Waals surface area contributed by atoms with Gasteiger partial charge in [0, 0.05) is 18.8 Å². The second-order valence-corrected chi connectivity index (χ2v) is 5.85. The lowest BCUT2D eigenvalue weighted by Gasteiger charge is -2.06. The molecule has 0 amide bonds. The van der Waals surface area contributed by atoms with Gasteiger partial charge in [-0.1, -0.05) is 0 Å². The predicted molar refractivity (Wildman–Crippen MR) is 98.9 cm³/mol. The first-order valence-electron chi connectivity index (χ1n) is 8.15. The van der Waals surface area contributed by atoms with Crippen LogP contribution in [0.1, 0.15) is 42.5 Å². The Bertz CT molecular complexity index is 962. The van der Waals surface area contributed by atoms with Gasteiger partial charge in [0.15, 0.2) is 6.61 Å². The standard InChI is InChI=1S/C18H19N3O7/c1-9-15(18(24)27-4)10(2)20-16(9)14(22)8-28-17(23)11-5-6-12(19-3)13(7-11)21(25)26/h5-7,19-20H,8H2,1-4H3. The number of nitrogens with one attached hydrogen (secondary N) is 2. The van der Waals surface area contributed by atoms with Crippen molar-refractivity contribution < 1.29 is 28.8 Å². The average Bonchev–Trinajstić information content (AvgIpc) is 2.98. The summed E-state index contributed by atoms with van der Waals surface area (Å²) in [4.78, 5) is 49.6. The van der Waals surface area contributed by atoms with E-state index < -0.39 is 29.3 Å². The van der Waals surface area contributed by atoms with E-state index in [4.69, 9.17) is 4.74 Å². The molecular weight excluding hydrogens is 370 g/mol. The third-order valence-electron chi connectivity index (χ3n) is 4.14. The number of benzene rings is 1. The van der Waals surface area contributed by atoms with E-state index in [1.807, 2.05) is 0 Å². The van der Waals surface area contributed by atoms with Crippen LogP contribution in [0.4, 0.5) is 11.4 Å². The van der Waals surface area contributed by atoms with E-state index in [1.165, 1.54) is 26.3 Å². The fraction of sp³-hybridized carbons (Fsp3) is 0.278. The molecule has 0 fully saturated rings. The maximum absolute atomic E-state index is 12.4. The van der Waals surface area contributed by atoms with Gasteiger partial charge in [-0.25, -0.2) is 9.59 Å². The van der Waals surface area contributed by atoms with Crippen LogP contribution in [0.25, 0.3) is 0 Å². The van der Waals surface area contributed by atoms with Crippen molar-refractivity contribution in [1.82, 2.24) is 4.98 Å². The van der Waals surface area contributed by atoms with Crippen molar-refractivity contribution in [3.8, 4) is 0 Å². The van der Waals surface area contributed by atoms with E-state index in [1.54, 1.807) is 13.8 Å². The molecule has 0 saturated carbocycles. The van der Waals surface area contributed by atoms with Gasteiger partial charge in [0.1, 0.15) is 5.69 Å². The van der Waals surface area contributed by atoms with Gasteiger partial charge in [-0.3, -0.25) is 14.9 Å². The number of methoxy groups -OCH3 is 1. The van der Waals surface area contributed by atoms with Crippen molar-refractivity contribution in [2.24, 2.45) is 0 Å². The topological polar surface area (TPSA) is 141 Å². The van der Waals surface area contributed by atoms with Crippen molar-refractivity contribution in [3.63, 3.8) is 0 Å². The number of aryl methyl sites for hydroxylation is 1. The van der Waals surface area contributed by atoms with Crippen LogP contribution in [0.5, 0.6) is 0 Å². The van der Waals surface area contributed by atoms with Crippen molar-refractivity contribution in [3.05, 3.63) is 56.4 Å². The molecule has 0 aliphatic heterocycles. The summed E-state index contributed by atoms with van der Waals surface area (Å²) in [5, 5.41) is 13.7. The smallest absolute Gasteiger partial charge is 0.339 e. The zero-order valence-electron chi connectivity index (χ0n) is 15.7. The van der Waals surface area contributed by atoms with Crippen LogP contribution in [-0.2, 0) is 9.47 Å². The molecule has 0 spiro atoms. The minimum Gasteiger partial charge on any atom is -0.465 e. The summed E-state index contributed by atoms with van der Waals surface area (Å²) in [5.74, 6) is -2.02. The Labute approximate surface area is 160 Å². The fourth-order valence-electron chi connectivity index (χ4n) is 2.74. The number of aromatic nitrogens is 1. The Morgan fingerprint density at radius 3 is 2.46 bits per heavy atom. The third-order valence-corrected chi connectivity index (χ3v) is 4.14. The summed E-state index contributed by atoms with van der Waals surface area (Å²) in [7, 11) is 2.75. The van der Waals surface area contributed by atoms with Gasteiger partial charge in [-0.15, -0.1) is 0 Å². The number of nitro groups is 1. The molecule has 0 aliphatic carbocycles. The number of esters is 2. The molecule has 0 bridgehead atoms. The molecule has 1 heterocycles. The molecule has 10 nitrogen and oxygen atoms in total. The lowest BCUT2D eigenvalue weighted by atomic mass is 10.1. The molecule has 0 radical (unpaired) electrons. The zero-order chi connectivity index (χ0) is 21.0. The minimum atomic E-state index is -0.881. The van der Waals surface area contributed by atoms with Gasteiger partial charge in [0.05, 0.1) is 28.9 Å². The highest BCUT2D eigenvalue weighted by atomic mass is 16.6. The molecule has 2 rings (SSSR count). The third kappa shape index (κ3) is 4.00. The molecule has 2 aromatic rings. The van der Waals surface area contributed by atoms with Crippen LogP contribution in [0, 0.1) is 24.0 Å². The van der Waals surface area contributed by atoms with Crippen LogP contribution in [0.15, 0.2) is 18.2 Å². The summed E-state index contributed by atoms with van der Waals surface area (Å²) in [6.07, 6.45) is 0. The van der Waals surface area contributed by atoms with Gasteiger partial charge in [0.2, 0.25) is 5.78 Å². The Balaban J connectivity index is 2.15. The van der Waals surface area contributed by atoms with Gasteiger partial charge < -0.3 is 19.8 Å². The first-order valence-corrected chi connectivity index (χ1v) is 8.15. The highest BCUT2D eigenvalue weighted by Crippen LogP contribution is 2.25. The second kappa shape index (κ2) is 8.33. The fourth-order valence-corrected chi connectivity index (χ4v) is 2.74. The molecule has 0 aliphatic rings. The first kappa shape index (κ1) is 20.6. The summed E-state index contributed by atoms with van der Waals surface area (Å²) in [5.41, 5.74) is 1.11. The van der Waals surface area contributed by atoms with Crippen LogP contribution >= 0.6 is 0 Å². The van der Waals surface area contributed by atoms with Crippen molar-refractivity contribution in [2.45, 2.75) is 13.8 Å². The Morgan fingerprint density at radius 1 is 1.21 bits per heavy atom. The van der Waals surface area contributed by atoms with Gasteiger partial charge in [-0.05, 0) is 31.5 Å². The largest absolute Gasteiger partial charge is 0.465 e. The van der Waals surface area contributed by atoms with Gasteiger partial charge in [-0.2, -0.15) is 0 Å². The molecule has 10 heteroatoms. The zero-order valence-corrected chi connectivity index (χ0v) is 15.7. The Hall–Kier alpha value is -3.69. The highest BCUT2D eigenvalue weighted by Gasteiger charge is 2.24. The van der Waals surface area contributed by atoms with Crippen molar-refractivity contribution in [1.29, 1.82) is 0 Å². The molecule has 2 N–H and O–H groups in total. The second-order valence-electron chi connectivity index (χ2n) is 5.85. The maximum atomic E-state index is 12.4. The number of hydrogen-bond acceptors (Lipinski definition) is 8. The average molecular weight is 389 g/mol.